The van der Waals surface area contributed by atoms with Gasteiger partial charge in [0, 0.05) is 19.3 Å². The molecule has 0 spiro atoms. The number of nitrogens with zero attached hydrogens (tertiary/aromatic N) is 2. The maximum atomic E-state index is 4.21. The van der Waals surface area contributed by atoms with E-state index in [1.165, 1.54) is 18.4 Å². The summed E-state index contributed by atoms with van der Waals surface area (Å²) in [5, 5.41) is 7.70. The van der Waals surface area contributed by atoms with E-state index in [9.17, 15) is 0 Å². The van der Waals surface area contributed by atoms with Crippen molar-refractivity contribution in [3.8, 4) is 0 Å². The number of hydrogen-bond acceptors (Lipinski definition) is 2. The van der Waals surface area contributed by atoms with Gasteiger partial charge in [-0.1, -0.05) is 20.8 Å². The molecule has 0 aromatic carbocycles. The minimum Gasteiger partial charge on any atom is -0.315 e. The van der Waals surface area contributed by atoms with Crippen LogP contribution in [0.1, 0.15) is 46.1 Å². The summed E-state index contributed by atoms with van der Waals surface area (Å²) in [6.07, 6.45) is 7.66. The van der Waals surface area contributed by atoms with Crippen LogP contribution in [0.15, 0.2) is 12.4 Å². The highest BCUT2D eigenvalue weighted by Crippen LogP contribution is 2.28. The topological polar surface area (TPSA) is 29.9 Å². The molecule has 0 amide bonds. The zero-order valence-corrected chi connectivity index (χ0v) is 12.0. The summed E-state index contributed by atoms with van der Waals surface area (Å²) < 4.78 is 1.88. The Morgan fingerprint density at radius 3 is 2.71 bits per heavy atom. The smallest absolute Gasteiger partial charge is 0.0521 e. The van der Waals surface area contributed by atoms with Gasteiger partial charge in [-0.15, -0.1) is 0 Å². The maximum absolute atomic E-state index is 4.21. The standard InChI is InChI=1S/C14H27N3/c1-6-15-12(2)9-14(3,4)8-7-13-10-16-17(5)11-13/h10-12,15H,6-9H2,1-5H3. The molecule has 0 saturated carbocycles. The third-order valence-corrected chi connectivity index (χ3v) is 3.26. The molecular weight excluding hydrogens is 210 g/mol. The van der Waals surface area contributed by atoms with Crippen molar-refractivity contribution in [2.75, 3.05) is 6.54 Å². The second-order valence-electron chi connectivity index (χ2n) is 5.85. The summed E-state index contributed by atoms with van der Waals surface area (Å²) in [6, 6.07) is 0.601. The summed E-state index contributed by atoms with van der Waals surface area (Å²) in [4.78, 5) is 0. The van der Waals surface area contributed by atoms with Crippen LogP contribution < -0.4 is 5.32 Å². The highest BCUT2D eigenvalue weighted by atomic mass is 15.2. The Morgan fingerprint density at radius 2 is 2.18 bits per heavy atom. The quantitative estimate of drug-likeness (QED) is 0.790. The first kappa shape index (κ1) is 14.2. The molecule has 1 rings (SSSR count). The molecular formula is C14H27N3. The Hall–Kier alpha value is -0.830. The van der Waals surface area contributed by atoms with Crippen LogP contribution in [0.25, 0.3) is 0 Å². The molecule has 0 aliphatic rings. The van der Waals surface area contributed by atoms with E-state index in [4.69, 9.17) is 0 Å². The average molecular weight is 237 g/mol. The highest BCUT2D eigenvalue weighted by molar-refractivity contribution is 5.04. The molecule has 0 saturated heterocycles. The predicted octanol–water partition coefficient (Wildman–Crippen LogP) is 2.77. The lowest BCUT2D eigenvalue weighted by Crippen LogP contribution is -2.31. The molecule has 0 aliphatic heterocycles. The summed E-state index contributed by atoms with van der Waals surface area (Å²) in [5.74, 6) is 0. The van der Waals surface area contributed by atoms with Crippen molar-refractivity contribution in [1.82, 2.24) is 15.1 Å². The number of nitrogens with one attached hydrogen (secondary N) is 1. The Bertz CT molecular complexity index is 328. The van der Waals surface area contributed by atoms with E-state index < -0.39 is 0 Å². The second kappa shape index (κ2) is 6.20. The van der Waals surface area contributed by atoms with Gasteiger partial charge in [0.25, 0.3) is 0 Å². The zero-order chi connectivity index (χ0) is 12.9. The van der Waals surface area contributed by atoms with E-state index in [1.807, 2.05) is 17.9 Å². The molecule has 1 heterocycles. The minimum absolute atomic E-state index is 0.386. The summed E-state index contributed by atoms with van der Waals surface area (Å²) in [7, 11) is 1.97. The second-order valence-corrected chi connectivity index (χ2v) is 5.85. The number of aromatic nitrogens is 2. The largest absolute Gasteiger partial charge is 0.315 e. The van der Waals surface area contributed by atoms with Gasteiger partial charge in [-0.05, 0) is 43.7 Å². The van der Waals surface area contributed by atoms with Gasteiger partial charge in [0.2, 0.25) is 0 Å². The molecule has 1 atom stereocenters. The van der Waals surface area contributed by atoms with Crippen molar-refractivity contribution in [3.05, 3.63) is 18.0 Å². The number of rotatable bonds is 7. The Kier molecular flexibility index (Phi) is 5.19. The van der Waals surface area contributed by atoms with Gasteiger partial charge in [0.15, 0.2) is 0 Å². The van der Waals surface area contributed by atoms with Gasteiger partial charge >= 0.3 is 0 Å². The Balaban J connectivity index is 2.38. The van der Waals surface area contributed by atoms with E-state index in [1.54, 1.807) is 0 Å². The van der Waals surface area contributed by atoms with Crippen molar-refractivity contribution in [2.24, 2.45) is 12.5 Å². The normalized spacial score (nSPS) is 13.9. The molecule has 1 aromatic rings. The Morgan fingerprint density at radius 1 is 1.47 bits per heavy atom. The molecule has 0 radical (unpaired) electrons. The van der Waals surface area contributed by atoms with Gasteiger partial charge in [-0.3, -0.25) is 4.68 Å². The molecule has 17 heavy (non-hydrogen) atoms. The van der Waals surface area contributed by atoms with Crippen LogP contribution in [0.2, 0.25) is 0 Å². The minimum atomic E-state index is 0.386. The SMILES string of the molecule is CCNC(C)CC(C)(C)CCc1cnn(C)c1. The van der Waals surface area contributed by atoms with Crippen molar-refractivity contribution in [1.29, 1.82) is 0 Å². The summed E-state index contributed by atoms with van der Waals surface area (Å²) >= 11 is 0. The van der Waals surface area contributed by atoms with Gasteiger partial charge in [0.1, 0.15) is 0 Å². The molecule has 1 aromatic heterocycles. The summed E-state index contributed by atoms with van der Waals surface area (Å²) in [5.41, 5.74) is 1.73. The highest BCUT2D eigenvalue weighted by Gasteiger charge is 2.20. The third-order valence-electron chi connectivity index (χ3n) is 3.26. The van der Waals surface area contributed by atoms with Crippen molar-refractivity contribution < 1.29 is 0 Å². The summed E-state index contributed by atoms with van der Waals surface area (Å²) in [6.45, 7) is 10.2. The molecule has 0 fully saturated rings. The van der Waals surface area contributed by atoms with Crippen molar-refractivity contribution in [3.63, 3.8) is 0 Å². The van der Waals surface area contributed by atoms with E-state index in [2.05, 4.69) is 44.3 Å². The van der Waals surface area contributed by atoms with Crippen LogP contribution in [0.3, 0.4) is 0 Å². The van der Waals surface area contributed by atoms with Crippen LogP contribution >= 0.6 is 0 Å². The molecule has 98 valence electrons. The van der Waals surface area contributed by atoms with E-state index in [-0.39, 0.29) is 0 Å². The van der Waals surface area contributed by atoms with Crippen LogP contribution in [-0.2, 0) is 13.5 Å². The zero-order valence-electron chi connectivity index (χ0n) is 12.0. The van der Waals surface area contributed by atoms with Crippen molar-refractivity contribution in [2.45, 2.75) is 53.0 Å². The number of aryl methyl sites for hydroxylation is 2. The number of hydrogen-bond donors (Lipinski definition) is 1. The first-order chi connectivity index (χ1) is 7.93. The monoisotopic (exact) mass is 237 g/mol. The van der Waals surface area contributed by atoms with Gasteiger partial charge in [0.05, 0.1) is 6.20 Å². The van der Waals surface area contributed by atoms with Crippen LogP contribution in [-0.4, -0.2) is 22.4 Å². The van der Waals surface area contributed by atoms with Gasteiger partial charge in [-0.25, -0.2) is 0 Å². The lowest BCUT2D eigenvalue weighted by molar-refractivity contribution is 0.270. The fourth-order valence-corrected chi connectivity index (χ4v) is 2.44. The van der Waals surface area contributed by atoms with E-state index in [0.717, 1.165) is 13.0 Å². The van der Waals surface area contributed by atoms with Crippen LogP contribution in [0, 0.1) is 5.41 Å². The van der Waals surface area contributed by atoms with Crippen LogP contribution in [0.5, 0.6) is 0 Å². The lowest BCUT2D eigenvalue weighted by Gasteiger charge is -2.28. The van der Waals surface area contributed by atoms with Gasteiger partial charge in [-0.2, -0.15) is 5.10 Å². The molecule has 0 aliphatic carbocycles. The molecule has 3 heteroatoms. The maximum Gasteiger partial charge on any atom is 0.0521 e. The van der Waals surface area contributed by atoms with Crippen molar-refractivity contribution >= 4 is 0 Å². The van der Waals surface area contributed by atoms with E-state index >= 15 is 0 Å². The third kappa shape index (κ3) is 5.35. The first-order valence-corrected chi connectivity index (χ1v) is 6.64. The molecule has 1 N–H and O–H groups in total. The fourth-order valence-electron chi connectivity index (χ4n) is 2.44. The van der Waals surface area contributed by atoms with Gasteiger partial charge < -0.3 is 5.32 Å². The molecule has 0 bridgehead atoms. The van der Waals surface area contributed by atoms with Crippen LogP contribution in [0.4, 0.5) is 0 Å². The average Bonchev–Trinajstić information content (AvgIpc) is 2.61. The van der Waals surface area contributed by atoms with E-state index in [0.29, 0.717) is 11.5 Å². The Labute approximate surface area is 106 Å². The molecule has 3 nitrogen and oxygen atoms in total. The lowest BCUT2D eigenvalue weighted by atomic mass is 9.81. The predicted molar refractivity (Wildman–Crippen MR) is 73.1 cm³/mol. The first-order valence-electron chi connectivity index (χ1n) is 6.64. The fraction of sp³-hybridized carbons (Fsp3) is 0.786. The molecule has 1 unspecified atom stereocenters.